The number of para-hydroxylation sites is 1. The Morgan fingerprint density at radius 3 is 2.31 bits per heavy atom. The zero-order chi connectivity index (χ0) is 23.3. The van der Waals surface area contributed by atoms with Gasteiger partial charge in [0.2, 0.25) is 0 Å². The molecule has 3 aromatic rings. The van der Waals surface area contributed by atoms with Gasteiger partial charge in [0, 0.05) is 28.6 Å². The number of esters is 1. The normalized spacial score (nSPS) is 11.9. The third-order valence-electron chi connectivity index (χ3n) is 4.96. The number of aryl methyl sites for hydroxylation is 1. The number of nitrogens with one attached hydrogen (secondary N) is 1. The molecule has 1 N–H and O–H groups in total. The van der Waals surface area contributed by atoms with Crippen molar-refractivity contribution in [3.8, 4) is 5.69 Å². The number of hydrogen-bond acceptors (Lipinski definition) is 5. The number of Topliss-reactive ketones (excluding diaryl/α,β-unsaturated/α-hetero) is 1. The van der Waals surface area contributed by atoms with E-state index in [1.165, 1.54) is 19.9 Å². The standard InChI is InChI=1S/C25H25N3O4/c1-16-23(17(2)28(27-16)22-8-6-5-7-9-22)14-15-24(30)32-19(4)25(31)26-21-12-10-20(11-13-21)18(3)29/h5-15,19H,1-4H3,(H,26,31)/b15-14+/t19-/m0/s1. The van der Waals surface area contributed by atoms with E-state index >= 15 is 0 Å². The minimum Gasteiger partial charge on any atom is -0.449 e. The number of anilines is 1. The number of ether oxygens (including phenoxy) is 1. The van der Waals surface area contributed by atoms with E-state index in [2.05, 4.69) is 10.4 Å². The highest BCUT2D eigenvalue weighted by Crippen LogP contribution is 2.19. The Bertz CT molecular complexity index is 1160. The Morgan fingerprint density at radius 2 is 1.69 bits per heavy atom. The van der Waals surface area contributed by atoms with Crippen molar-refractivity contribution in [1.82, 2.24) is 9.78 Å². The van der Waals surface area contributed by atoms with E-state index in [9.17, 15) is 14.4 Å². The van der Waals surface area contributed by atoms with Crippen molar-refractivity contribution in [2.75, 3.05) is 5.32 Å². The lowest BCUT2D eigenvalue weighted by atomic mass is 10.1. The molecule has 32 heavy (non-hydrogen) atoms. The molecule has 1 amide bonds. The first-order valence-electron chi connectivity index (χ1n) is 10.2. The van der Waals surface area contributed by atoms with Crippen LogP contribution < -0.4 is 5.32 Å². The van der Waals surface area contributed by atoms with Crippen LogP contribution in [0.1, 0.15) is 41.2 Å². The molecule has 0 saturated carbocycles. The maximum absolute atomic E-state index is 12.3. The largest absolute Gasteiger partial charge is 0.449 e. The van der Waals surface area contributed by atoms with Gasteiger partial charge in [0.1, 0.15) is 0 Å². The summed E-state index contributed by atoms with van der Waals surface area (Å²) in [6.45, 7) is 6.75. The van der Waals surface area contributed by atoms with Crippen LogP contribution >= 0.6 is 0 Å². The lowest BCUT2D eigenvalue weighted by molar-refractivity contribution is -0.148. The number of nitrogens with zero attached hydrogens (tertiary/aromatic N) is 2. The van der Waals surface area contributed by atoms with Gasteiger partial charge in [-0.15, -0.1) is 0 Å². The van der Waals surface area contributed by atoms with Gasteiger partial charge in [0.15, 0.2) is 11.9 Å². The van der Waals surface area contributed by atoms with E-state index in [1.54, 1.807) is 30.3 Å². The predicted molar refractivity (Wildman–Crippen MR) is 123 cm³/mol. The summed E-state index contributed by atoms with van der Waals surface area (Å²) < 4.78 is 7.03. The van der Waals surface area contributed by atoms with Gasteiger partial charge in [-0.3, -0.25) is 9.59 Å². The number of aromatic nitrogens is 2. The average Bonchev–Trinajstić information content (AvgIpc) is 3.06. The number of hydrogen-bond donors (Lipinski definition) is 1. The second kappa shape index (κ2) is 9.87. The van der Waals surface area contributed by atoms with Crippen LogP contribution in [-0.4, -0.2) is 33.5 Å². The number of benzene rings is 2. The molecule has 2 aromatic carbocycles. The summed E-state index contributed by atoms with van der Waals surface area (Å²) in [5.41, 5.74) is 4.46. The number of rotatable bonds is 7. The van der Waals surface area contributed by atoms with Gasteiger partial charge < -0.3 is 10.1 Å². The maximum atomic E-state index is 12.3. The molecule has 0 aliphatic rings. The molecule has 0 aliphatic carbocycles. The molecule has 1 atom stereocenters. The summed E-state index contributed by atoms with van der Waals surface area (Å²) in [6, 6.07) is 16.2. The van der Waals surface area contributed by atoms with Crippen LogP contribution in [-0.2, 0) is 14.3 Å². The van der Waals surface area contributed by atoms with Crippen LogP contribution in [0.15, 0.2) is 60.7 Å². The molecule has 0 spiro atoms. The second-order valence-corrected chi connectivity index (χ2v) is 7.37. The van der Waals surface area contributed by atoms with Gasteiger partial charge in [-0.25, -0.2) is 9.48 Å². The summed E-state index contributed by atoms with van der Waals surface area (Å²) in [4.78, 5) is 35.9. The molecule has 0 bridgehead atoms. The fraction of sp³-hybridized carbons (Fsp3) is 0.200. The van der Waals surface area contributed by atoms with Crippen molar-refractivity contribution in [2.24, 2.45) is 0 Å². The summed E-state index contributed by atoms with van der Waals surface area (Å²) in [7, 11) is 0. The average molecular weight is 431 g/mol. The zero-order valence-electron chi connectivity index (χ0n) is 18.5. The zero-order valence-corrected chi connectivity index (χ0v) is 18.5. The van der Waals surface area contributed by atoms with E-state index in [0.717, 1.165) is 22.6 Å². The van der Waals surface area contributed by atoms with Crippen LogP contribution in [0.5, 0.6) is 0 Å². The van der Waals surface area contributed by atoms with Crippen molar-refractivity contribution in [3.63, 3.8) is 0 Å². The molecule has 1 aromatic heterocycles. The van der Waals surface area contributed by atoms with Gasteiger partial charge in [0.25, 0.3) is 5.91 Å². The second-order valence-electron chi connectivity index (χ2n) is 7.37. The van der Waals surface area contributed by atoms with E-state index in [-0.39, 0.29) is 5.78 Å². The highest BCUT2D eigenvalue weighted by atomic mass is 16.5. The van der Waals surface area contributed by atoms with Gasteiger partial charge in [-0.05, 0) is 70.2 Å². The summed E-state index contributed by atoms with van der Waals surface area (Å²) in [5, 5.41) is 7.20. The fourth-order valence-electron chi connectivity index (χ4n) is 3.17. The lowest BCUT2D eigenvalue weighted by Crippen LogP contribution is -2.29. The highest BCUT2D eigenvalue weighted by Gasteiger charge is 2.17. The third kappa shape index (κ3) is 5.37. The minimum atomic E-state index is -0.992. The van der Waals surface area contributed by atoms with Gasteiger partial charge in [0.05, 0.1) is 11.4 Å². The quantitative estimate of drug-likeness (QED) is 0.343. The Labute approximate surface area is 186 Å². The smallest absolute Gasteiger partial charge is 0.331 e. The number of amides is 1. The first kappa shape index (κ1) is 22.7. The molecule has 0 unspecified atom stereocenters. The summed E-state index contributed by atoms with van der Waals surface area (Å²) in [6.07, 6.45) is 1.94. The van der Waals surface area contributed by atoms with E-state index < -0.39 is 18.0 Å². The minimum absolute atomic E-state index is 0.0586. The molecule has 1 heterocycles. The summed E-state index contributed by atoms with van der Waals surface area (Å²) >= 11 is 0. The monoisotopic (exact) mass is 431 g/mol. The van der Waals surface area contributed by atoms with E-state index in [4.69, 9.17) is 4.74 Å². The Hall–Kier alpha value is -4.00. The Balaban J connectivity index is 1.62. The predicted octanol–water partition coefficient (Wildman–Crippen LogP) is 4.28. The molecule has 0 saturated heterocycles. The van der Waals surface area contributed by atoms with Gasteiger partial charge in [-0.2, -0.15) is 5.10 Å². The van der Waals surface area contributed by atoms with Crippen molar-refractivity contribution in [3.05, 3.63) is 83.2 Å². The van der Waals surface area contributed by atoms with E-state index in [1.807, 2.05) is 48.9 Å². The topological polar surface area (TPSA) is 90.3 Å². The van der Waals surface area contributed by atoms with Gasteiger partial charge in [-0.1, -0.05) is 18.2 Å². The van der Waals surface area contributed by atoms with Crippen LogP contribution in [0.2, 0.25) is 0 Å². The molecule has 164 valence electrons. The van der Waals surface area contributed by atoms with Crippen molar-refractivity contribution >= 4 is 29.4 Å². The maximum Gasteiger partial charge on any atom is 0.331 e. The molecular formula is C25H25N3O4. The number of ketones is 1. The fourth-order valence-corrected chi connectivity index (χ4v) is 3.17. The summed E-state index contributed by atoms with van der Waals surface area (Å²) in [5.74, 6) is -1.16. The first-order chi connectivity index (χ1) is 15.3. The molecule has 3 rings (SSSR count). The molecule has 0 aliphatic heterocycles. The molecule has 7 heteroatoms. The molecule has 7 nitrogen and oxygen atoms in total. The van der Waals surface area contributed by atoms with Gasteiger partial charge >= 0.3 is 5.97 Å². The highest BCUT2D eigenvalue weighted by molar-refractivity contribution is 5.98. The van der Waals surface area contributed by atoms with Crippen LogP contribution in [0, 0.1) is 13.8 Å². The first-order valence-corrected chi connectivity index (χ1v) is 10.2. The van der Waals surface area contributed by atoms with Crippen molar-refractivity contribution in [2.45, 2.75) is 33.8 Å². The van der Waals surface area contributed by atoms with Crippen molar-refractivity contribution in [1.29, 1.82) is 0 Å². The third-order valence-corrected chi connectivity index (χ3v) is 4.96. The number of carbonyl (C=O) groups is 3. The van der Waals surface area contributed by atoms with Crippen LogP contribution in [0.4, 0.5) is 5.69 Å². The van der Waals surface area contributed by atoms with E-state index in [0.29, 0.717) is 11.3 Å². The molecule has 0 fully saturated rings. The Morgan fingerprint density at radius 1 is 1.03 bits per heavy atom. The number of carbonyl (C=O) groups excluding carboxylic acids is 3. The Kier molecular flexibility index (Phi) is 7.00. The molecule has 0 radical (unpaired) electrons. The van der Waals surface area contributed by atoms with Crippen LogP contribution in [0.25, 0.3) is 11.8 Å². The lowest BCUT2D eigenvalue weighted by Gasteiger charge is -2.12. The van der Waals surface area contributed by atoms with Crippen LogP contribution in [0.3, 0.4) is 0 Å². The van der Waals surface area contributed by atoms with Crippen molar-refractivity contribution < 1.29 is 19.1 Å². The SMILES string of the molecule is CC(=O)c1ccc(NC(=O)[C@H](C)OC(=O)/C=C/c2c(C)nn(-c3ccccc3)c2C)cc1. The molecular weight excluding hydrogens is 406 g/mol.